The van der Waals surface area contributed by atoms with E-state index in [0.717, 1.165) is 0 Å². The smallest absolute Gasteiger partial charge is 0.340 e. The van der Waals surface area contributed by atoms with Crippen molar-refractivity contribution in [3.8, 4) is 5.75 Å². The van der Waals surface area contributed by atoms with Gasteiger partial charge in [-0.1, -0.05) is 24.3 Å². The molecule has 8 heteroatoms. The summed E-state index contributed by atoms with van der Waals surface area (Å²) in [6.07, 6.45) is 1.47. The lowest BCUT2D eigenvalue weighted by molar-refractivity contribution is 0.0527. The maximum absolute atomic E-state index is 12.7. The molecule has 1 aromatic heterocycles. The number of anilines is 3. The number of nitrogens with zero attached hydrogens (tertiary/aromatic N) is 2. The largest absolute Gasteiger partial charge is 0.495 e. The third-order valence-corrected chi connectivity index (χ3v) is 3.91. The van der Waals surface area contributed by atoms with Crippen LogP contribution in [0.1, 0.15) is 27.8 Å². The fourth-order valence-electron chi connectivity index (χ4n) is 2.58. The first kappa shape index (κ1) is 19.8. The lowest BCUT2D eigenvalue weighted by Crippen LogP contribution is -2.17. The predicted octanol–water partition coefficient (Wildman–Crippen LogP) is 3.66. The summed E-state index contributed by atoms with van der Waals surface area (Å²) >= 11 is 0. The molecule has 8 nitrogen and oxygen atoms in total. The van der Waals surface area contributed by atoms with Crippen LogP contribution in [0.4, 0.5) is 17.3 Å². The van der Waals surface area contributed by atoms with E-state index in [0.29, 0.717) is 17.1 Å². The summed E-state index contributed by atoms with van der Waals surface area (Å²) < 4.78 is 10.3. The van der Waals surface area contributed by atoms with Crippen molar-refractivity contribution in [2.24, 2.45) is 0 Å². The van der Waals surface area contributed by atoms with Gasteiger partial charge >= 0.3 is 5.97 Å². The molecule has 29 heavy (non-hydrogen) atoms. The molecule has 0 aliphatic rings. The fraction of sp³-hybridized carbons (Fsp3) is 0.143. The number of carbonyl (C=O) groups is 2. The molecule has 0 saturated carbocycles. The monoisotopic (exact) mass is 392 g/mol. The molecule has 1 heterocycles. The minimum absolute atomic E-state index is 0.135. The molecule has 1 amide bonds. The highest BCUT2D eigenvalue weighted by Gasteiger charge is 2.16. The highest BCUT2D eigenvalue weighted by molar-refractivity contribution is 6.07. The van der Waals surface area contributed by atoms with E-state index in [1.54, 1.807) is 44.4 Å². The molecular weight excluding hydrogens is 372 g/mol. The van der Waals surface area contributed by atoms with Gasteiger partial charge in [0.2, 0.25) is 5.95 Å². The Bertz CT molecular complexity index is 1020. The van der Waals surface area contributed by atoms with E-state index < -0.39 is 11.9 Å². The van der Waals surface area contributed by atoms with E-state index in [1.807, 2.05) is 18.2 Å². The number of amides is 1. The number of hydrogen-bond acceptors (Lipinski definition) is 7. The van der Waals surface area contributed by atoms with E-state index in [4.69, 9.17) is 9.47 Å². The number of ether oxygens (including phenoxy) is 2. The normalized spacial score (nSPS) is 10.1. The zero-order chi connectivity index (χ0) is 20.6. The topological polar surface area (TPSA) is 102 Å². The second-order valence-electron chi connectivity index (χ2n) is 5.81. The number of methoxy groups -OCH3 is 1. The lowest BCUT2D eigenvalue weighted by atomic mass is 10.1. The lowest BCUT2D eigenvalue weighted by Gasteiger charge is -2.11. The van der Waals surface area contributed by atoms with Gasteiger partial charge < -0.3 is 20.1 Å². The van der Waals surface area contributed by atoms with Crippen LogP contribution < -0.4 is 15.4 Å². The number of para-hydroxylation sites is 3. The Labute approximate surface area is 167 Å². The Kier molecular flexibility index (Phi) is 6.36. The quantitative estimate of drug-likeness (QED) is 0.592. The van der Waals surface area contributed by atoms with Gasteiger partial charge in [0.15, 0.2) is 0 Å². The summed E-state index contributed by atoms with van der Waals surface area (Å²) in [5.41, 5.74) is 1.41. The highest BCUT2D eigenvalue weighted by atomic mass is 16.5. The summed E-state index contributed by atoms with van der Waals surface area (Å²) in [7, 11) is 1.56. The number of hydrogen-bond donors (Lipinski definition) is 2. The van der Waals surface area contributed by atoms with E-state index in [9.17, 15) is 9.59 Å². The first-order valence-electron chi connectivity index (χ1n) is 8.93. The van der Waals surface area contributed by atoms with Gasteiger partial charge in [-0.25, -0.2) is 14.8 Å². The molecule has 0 atom stereocenters. The number of carbonyl (C=O) groups excluding carboxylic acids is 2. The van der Waals surface area contributed by atoms with E-state index in [2.05, 4.69) is 20.6 Å². The molecule has 0 fully saturated rings. The SMILES string of the molecule is CCOC(=O)c1ccccc1NC(=O)c1ccnc(Nc2ccccc2OC)n1. The van der Waals surface area contributed by atoms with Crippen molar-refractivity contribution in [1.82, 2.24) is 9.97 Å². The molecule has 0 aliphatic carbocycles. The Hall–Kier alpha value is -3.94. The van der Waals surface area contributed by atoms with Crippen molar-refractivity contribution < 1.29 is 19.1 Å². The minimum Gasteiger partial charge on any atom is -0.495 e. The van der Waals surface area contributed by atoms with Crippen LogP contribution in [0.5, 0.6) is 5.75 Å². The maximum Gasteiger partial charge on any atom is 0.340 e. The van der Waals surface area contributed by atoms with Crippen molar-refractivity contribution in [3.63, 3.8) is 0 Å². The standard InChI is InChI=1S/C21H20N4O4/c1-3-29-20(27)14-8-4-5-9-15(14)23-19(26)17-12-13-22-21(25-17)24-16-10-6-7-11-18(16)28-2/h4-13H,3H2,1-2H3,(H,23,26)(H,22,24,25). The summed E-state index contributed by atoms with van der Waals surface area (Å²) in [5.74, 6) is -0.132. The summed E-state index contributed by atoms with van der Waals surface area (Å²) in [5, 5.41) is 5.72. The third-order valence-electron chi connectivity index (χ3n) is 3.91. The Morgan fingerprint density at radius 2 is 1.72 bits per heavy atom. The number of nitrogens with one attached hydrogen (secondary N) is 2. The zero-order valence-corrected chi connectivity index (χ0v) is 16.0. The Balaban J connectivity index is 1.79. The summed E-state index contributed by atoms with van der Waals surface area (Å²) in [6, 6.07) is 15.4. The van der Waals surface area contributed by atoms with Crippen LogP contribution in [0.15, 0.2) is 60.8 Å². The number of esters is 1. The van der Waals surface area contributed by atoms with Gasteiger partial charge in [-0.15, -0.1) is 0 Å². The van der Waals surface area contributed by atoms with Crippen LogP contribution in [0, 0.1) is 0 Å². The third kappa shape index (κ3) is 4.86. The Morgan fingerprint density at radius 3 is 2.48 bits per heavy atom. The minimum atomic E-state index is -0.510. The van der Waals surface area contributed by atoms with E-state index in [1.165, 1.54) is 12.3 Å². The molecule has 2 N–H and O–H groups in total. The van der Waals surface area contributed by atoms with Crippen LogP contribution in [0.3, 0.4) is 0 Å². The average molecular weight is 392 g/mol. The molecule has 0 spiro atoms. The van der Waals surface area contributed by atoms with Gasteiger partial charge in [-0.3, -0.25) is 4.79 Å². The number of benzene rings is 2. The summed E-state index contributed by atoms with van der Waals surface area (Å²) in [6.45, 7) is 1.96. The molecule has 2 aromatic carbocycles. The predicted molar refractivity (Wildman–Crippen MR) is 109 cm³/mol. The van der Waals surface area contributed by atoms with Crippen LogP contribution in [0.25, 0.3) is 0 Å². The van der Waals surface area contributed by atoms with Crippen molar-refractivity contribution in [2.45, 2.75) is 6.92 Å². The highest BCUT2D eigenvalue weighted by Crippen LogP contribution is 2.25. The van der Waals surface area contributed by atoms with Gasteiger partial charge in [-0.05, 0) is 37.3 Å². The van der Waals surface area contributed by atoms with Gasteiger partial charge in [0, 0.05) is 6.20 Å². The van der Waals surface area contributed by atoms with Crippen molar-refractivity contribution in [3.05, 3.63) is 72.1 Å². The average Bonchev–Trinajstić information content (AvgIpc) is 2.75. The Morgan fingerprint density at radius 1 is 1.00 bits per heavy atom. The molecule has 0 radical (unpaired) electrons. The fourth-order valence-corrected chi connectivity index (χ4v) is 2.58. The molecule has 0 bridgehead atoms. The molecule has 148 valence electrons. The first-order chi connectivity index (χ1) is 14.1. The molecule has 3 rings (SSSR count). The molecule has 0 aliphatic heterocycles. The van der Waals surface area contributed by atoms with Gasteiger partial charge in [0.1, 0.15) is 11.4 Å². The second-order valence-corrected chi connectivity index (χ2v) is 5.81. The second kappa shape index (κ2) is 9.32. The number of rotatable bonds is 7. The molecular formula is C21H20N4O4. The van der Waals surface area contributed by atoms with Crippen LogP contribution in [-0.4, -0.2) is 35.6 Å². The van der Waals surface area contributed by atoms with Crippen molar-refractivity contribution in [1.29, 1.82) is 0 Å². The summed E-state index contributed by atoms with van der Waals surface area (Å²) in [4.78, 5) is 33.1. The van der Waals surface area contributed by atoms with Gasteiger partial charge in [-0.2, -0.15) is 0 Å². The first-order valence-corrected chi connectivity index (χ1v) is 8.93. The number of aromatic nitrogens is 2. The van der Waals surface area contributed by atoms with Crippen molar-refractivity contribution >= 4 is 29.2 Å². The molecule has 3 aromatic rings. The van der Waals surface area contributed by atoms with Crippen LogP contribution in [0.2, 0.25) is 0 Å². The molecule has 0 unspecified atom stereocenters. The van der Waals surface area contributed by atoms with Gasteiger partial charge in [0.05, 0.1) is 30.7 Å². The van der Waals surface area contributed by atoms with E-state index in [-0.39, 0.29) is 23.8 Å². The van der Waals surface area contributed by atoms with Crippen molar-refractivity contribution in [2.75, 3.05) is 24.4 Å². The zero-order valence-electron chi connectivity index (χ0n) is 16.0. The maximum atomic E-state index is 12.7. The van der Waals surface area contributed by atoms with E-state index >= 15 is 0 Å². The van der Waals surface area contributed by atoms with Crippen LogP contribution in [-0.2, 0) is 4.74 Å². The van der Waals surface area contributed by atoms with Crippen LogP contribution >= 0.6 is 0 Å². The molecule has 0 saturated heterocycles. The van der Waals surface area contributed by atoms with Gasteiger partial charge in [0.25, 0.3) is 5.91 Å².